The predicted molar refractivity (Wildman–Crippen MR) is 122 cm³/mol. The molecular formula is C22H18N4O2S2. The molecule has 2 aromatic carbocycles. The molecule has 0 spiro atoms. The van der Waals surface area contributed by atoms with Crippen molar-refractivity contribution >= 4 is 44.3 Å². The van der Waals surface area contributed by atoms with Gasteiger partial charge in [-0.1, -0.05) is 23.9 Å². The molecule has 0 bridgehead atoms. The van der Waals surface area contributed by atoms with Crippen molar-refractivity contribution in [2.24, 2.45) is 0 Å². The van der Waals surface area contributed by atoms with E-state index in [-0.39, 0.29) is 5.56 Å². The first-order valence-corrected chi connectivity index (χ1v) is 11.4. The van der Waals surface area contributed by atoms with Gasteiger partial charge in [-0.05, 0) is 54.8 Å². The molecule has 0 saturated carbocycles. The van der Waals surface area contributed by atoms with Gasteiger partial charge in [-0.25, -0.2) is 9.97 Å². The van der Waals surface area contributed by atoms with Gasteiger partial charge < -0.3 is 9.72 Å². The van der Waals surface area contributed by atoms with Gasteiger partial charge in [-0.2, -0.15) is 0 Å². The molecule has 1 N–H and O–H groups in total. The molecule has 30 heavy (non-hydrogen) atoms. The molecule has 5 rings (SSSR count). The molecule has 0 aliphatic heterocycles. The summed E-state index contributed by atoms with van der Waals surface area (Å²) in [5.41, 5.74) is 3.59. The predicted octanol–water partition coefficient (Wildman–Crippen LogP) is 5.01. The molecule has 0 radical (unpaired) electrons. The number of hydrogen-bond donors (Lipinski definition) is 1. The number of benzene rings is 2. The van der Waals surface area contributed by atoms with Crippen molar-refractivity contribution in [2.45, 2.75) is 17.8 Å². The summed E-state index contributed by atoms with van der Waals surface area (Å²) in [7, 11) is 0. The molecule has 8 heteroatoms. The van der Waals surface area contributed by atoms with Gasteiger partial charge in [0, 0.05) is 5.69 Å². The second kappa shape index (κ2) is 7.97. The molecule has 5 aromatic rings. The van der Waals surface area contributed by atoms with E-state index < -0.39 is 0 Å². The van der Waals surface area contributed by atoms with Crippen LogP contribution in [0.1, 0.15) is 12.7 Å². The lowest BCUT2D eigenvalue weighted by atomic mass is 10.2. The van der Waals surface area contributed by atoms with Crippen molar-refractivity contribution < 1.29 is 4.74 Å². The normalized spacial score (nSPS) is 11.4. The van der Waals surface area contributed by atoms with Gasteiger partial charge in [0.05, 0.1) is 28.9 Å². The highest BCUT2D eigenvalue weighted by Gasteiger charge is 2.14. The number of imidazole rings is 1. The zero-order valence-corrected chi connectivity index (χ0v) is 17.8. The first-order valence-electron chi connectivity index (χ1n) is 9.53. The highest BCUT2D eigenvalue weighted by molar-refractivity contribution is 7.98. The molecule has 0 saturated heterocycles. The summed E-state index contributed by atoms with van der Waals surface area (Å²) in [6.07, 6.45) is 0. The maximum absolute atomic E-state index is 12.3. The van der Waals surface area contributed by atoms with E-state index in [9.17, 15) is 4.79 Å². The van der Waals surface area contributed by atoms with Crippen molar-refractivity contribution in [2.75, 3.05) is 6.61 Å². The van der Waals surface area contributed by atoms with Gasteiger partial charge >= 0.3 is 0 Å². The smallest absolute Gasteiger partial charge is 0.268 e. The van der Waals surface area contributed by atoms with Gasteiger partial charge in [0.2, 0.25) is 0 Å². The second-order valence-corrected chi connectivity index (χ2v) is 8.44. The van der Waals surface area contributed by atoms with E-state index in [4.69, 9.17) is 9.72 Å². The number of H-pyrrole nitrogens is 1. The number of para-hydroxylation sites is 2. The van der Waals surface area contributed by atoms with Gasteiger partial charge in [-0.3, -0.25) is 9.36 Å². The largest absolute Gasteiger partial charge is 0.494 e. The van der Waals surface area contributed by atoms with E-state index in [1.165, 1.54) is 11.3 Å². The third-order valence-electron chi connectivity index (χ3n) is 4.64. The Morgan fingerprint density at radius 2 is 1.90 bits per heavy atom. The number of rotatable bonds is 6. The van der Waals surface area contributed by atoms with Crippen LogP contribution in [-0.4, -0.2) is 26.1 Å². The Morgan fingerprint density at radius 3 is 2.73 bits per heavy atom. The van der Waals surface area contributed by atoms with Crippen LogP contribution in [0, 0.1) is 0 Å². The maximum Gasteiger partial charge on any atom is 0.268 e. The van der Waals surface area contributed by atoms with E-state index in [2.05, 4.69) is 20.6 Å². The van der Waals surface area contributed by atoms with Gasteiger partial charge in [-0.15, -0.1) is 11.3 Å². The van der Waals surface area contributed by atoms with Crippen LogP contribution in [-0.2, 0) is 5.75 Å². The molecule has 0 aliphatic rings. The zero-order valence-electron chi connectivity index (χ0n) is 16.2. The van der Waals surface area contributed by atoms with Crippen molar-refractivity contribution in [1.82, 2.24) is 19.5 Å². The minimum atomic E-state index is -0.0920. The summed E-state index contributed by atoms with van der Waals surface area (Å²) >= 11 is 2.95. The maximum atomic E-state index is 12.3. The van der Waals surface area contributed by atoms with Crippen molar-refractivity contribution in [3.63, 3.8) is 0 Å². The van der Waals surface area contributed by atoms with Crippen LogP contribution in [0.5, 0.6) is 5.75 Å². The molecular weight excluding hydrogens is 416 g/mol. The minimum absolute atomic E-state index is 0.0920. The summed E-state index contributed by atoms with van der Waals surface area (Å²) in [5.74, 6) is 1.99. The topological polar surface area (TPSA) is 72.8 Å². The summed E-state index contributed by atoms with van der Waals surface area (Å²) in [4.78, 5) is 24.5. The summed E-state index contributed by atoms with van der Waals surface area (Å²) in [6.45, 7) is 2.60. The molecule has 150 valence electrons. The Hall–Kier alpha value is -3.10. The Labute approximate surface area is 180 Å². The number of aromatic amines is 1. The number of hydrogen-bond acceptors (Lipinski definition) is 6. The van der Waals surface area contributed by atoms with Gasteiger partial charge in [0.25, 0.3) is 5.56 Å². The Morgan fingerprint density at radius 1 is 1.07 bits per heavy atom. The lowest BCUT2D eigenvalue weighted by molar-refractivity contribution is 0.340. The van der Waals surface area contributed by atoms with Gasteiger partial charge in [0.1, 0.15) is 16.3 Å². The number of thioether (sulfide) groups is 1. The van der Waals surface area contributed by atoms with Crippen LogP contribution in [0.4, 0.5) is 0 Å². The monoisotopic (exact) mass is 434 g/mol. The number of ether oxygens (including phenoxy) is 1. The lowest BCUT2D eigenvalue weighted by Crippen LogP contribution is -2.09. The number of fused-ring (bicyclic) bond motifs is 2. The average molecular weight is 435 g/mol. The lowest BCUT2D eigenvalue weighted by Gasteiger charge is -2.10. The minimum Gasteiger partial charge on any atom is -0.494 e. The zero-order chi connectivity index (χ0) is 20.5. The molecule has 0 unspecified atom stereocenters. The Kier molecular flexibility index (Phi) is 5.02. The second-order valence-electron chi connectivity index (χ2n) is 6.58. The van der Waals surface area contributed by atoms with Crippen LogP contribution in [0.25, 0.3) is 26.9 Å². The highest BCUT2D eigenvalue weighted by Crippen LogP contribution is 2.30. The summed E-state index contributed by atoms with van der Waals surface area (Å²) in [5, 5.41) is 2.73. The molecule has 6 nitrogen and oxygen atoms in total. The van der Waals surface area contributed by atoms with Crippen molar-refractivity contribution in [1.29, 1.82) is 0 Å². The van der Waals surface area contributed by atoms with Crippen molar-refractivity contribution in [3.8, 4) is 11.4 Å². The summed E-state index contributed by atoms with van der Waals surface area (Å²) in [6, 6.07) is 17.9. The molecule has 0 amide bonds. The number of aromatic nitrogens is 4. The Balaban J connectivity index is 1.51. The molecule has 3 aromatic heterocycles. The highest BCUT2D eigenvalue weighted by atomic mass is 32.2. The first-order chi connectivity index (χ1) is 14.7. The van der Waals surface area contributed by atoms with E-state index in [1.807, 2.05) is 60.8 Å². The fourth-order valence-corrected chi connectivity index (χ4v) is 4.96. The first kappa shape index (κ1) is 18.9. The Bertz CT molecular complexity index is 1390. The standard InChI is InChI=1S/C22H18N4O2S2/c1-2-28-15-9-7-14(8-10-15)26-18-6-4-3-5-16(18)24-22(26)30-13-19-23-17-11-12-29-20(17)21(27)25-19/h3-12H,2,13H2,1H3,(H,23,25,27). The van der Waals surface area contributed by atoms with E-state index >= 15 is 0 Å². The van der Waals surface area contributed by atoms with Crippen LogP contribution >= 0.6 is 23.1 Å². The number of nitrogens with one attached hydrogen (secondary N) is 1. The molecule has 0 fully saturated rings. The quantitative estimate of drug-likeness (QED) is 0.380. The fraction of sp³-hybridized carbons (Fsp3) is 0.136. The third-order valence-corrected chi connectivity index (χ3v) is 6.49. The number of thiophene rings is 1. The van der Waals surface area contributed by atoms with Crippen LogP contribution in [0.15, 0.2) is 69.9 Å². The SMILES string of the molecule is CCOc1ccc(-n2c(SCc3nc4ccsc4c(=O)[nH]3)nc3ccccc32)cc1. The van der Waals surface area contributed by atoms with E-state index in [0.717, 1.165) is 33.1 Å². The molecule has 0 atom stereocenters. The fourth-order valence-electron chi connectivity index (χ4n) is 3.33. The van der Waals surface area contributed by atoms with E-state index in [1.54, 1.807) is 11.8 Å². The third kappa shape index (κ3) is 3.48. The number of nitrogens with zero attached hydrogens (tertiary/aromatic N) is 3. The molecule has 0 aliphatic carbocycles. The van der Waals surface area contributed by atoms with Crippen molar-refractivity contribution in [3.05, 3.63) is 76.2 Å². The van der Waals surface area contributed by atoms with Gasteiger partial charge in [0.15, 0.2) is 5.16 Å². The van der Waals surface area contributed by atoms with Crippen LogP contribution in [0.2, 0.25) is 0 Å². The molecule has 3 heterocycles. The van der Waals surface area contributed by atoms with E-state index in [0.29, 0.717) is 22.9 Å². The summed E-state index contributed by atoms with van der Waals surface area (Å²) < 4.78 is 8.35. The van der Waals surface area contributed by atoms with Crippen LogP contribution in [0.3, 0.4) is 0 Å². The van der Waals surface area contributed by atoms with Crippen LogP contribution < -0.4 is 10.3 Å². The average Bonchev–Trinajstić information content (AvgIpc) is 3.38.